The molecule has 0 spiro atoms. The van der Waals surface area contributed by atoms with Gasteiger partial charge in [-0.25, -0.2) is 0 Å². The maximum Gasteiger partial charge on any atom is 0.0142 e. The Morgan fingerprint density at radius 1 is 0.581 bits per heavy atom. The molecule has 0 aromatic heterocycles. The summed E-state index contributed by atoms with van der Waals surface area (Å²) in [5.41, 5.74) is 3.46. The van der Waals surface area contributed by atoms with E-state index in [9.17, 15) is 0 Å². The van der Waals surface area contributed by atoms with Gasteiger partial charge in [0.25, 0.3) is 0 Å². The molecule has 4 aliphatic carbocycles. The summed E-state index contributed by atoms with van der Waals surface area (Å²) in [6, 6.07) is 0. The molecule has 0 radical (unpaired) electrons. The summed E-state index contributed by atoms with van der Waals surface area (Å²) in [5.74, 6) is 1.11. The monoisotopic (exact) mass is 464 g/mol. The Morgan fingerprint density at radius 3 is 1.55 bits per heavy atom. The van der Waals surface area contributed by atoms with E-state index >= 15 is 0 Å². The standard InChI is InChI=1S/C29H54P2/c1-3-16-25-17-14-15-24-29(25,30(4-2)26-18-8-5-9-19-26)31(27-20-10-6-11-21-27)28-22-12-7-13-23-28/h25-28H,3-24H2,1-2H3. The van der Waals surface area contributed by atoms with Crippen LogP contribution in [0.5, 0.6) is 0 Å². The summed E-state index contributed by atoms with van der Waals surface area (Å²) in [7, 11) is 0.418. The van der Waals surface area contributed by atoms with E-state index < -0.39 is 0 Å². The van der Waals surface area contributed by atoms with Gasteiger partial charge in [-0.15, -0.1) is 0 Å². The minimum absolute atomic E-state index is 0.209. The molecule has 31 heavy (non-hydrogen) atoms. The van der Waals surface area contributed by atoms with Crippen LogP contribution in [-0.2, 0) is 0 Å². The zero-order valence-corrected chi connectivity index (χ0v) is 23.0. The number of hydrogen-bond acceptors (Lipinski definition) is 0. The van der Waals surface area contributed by atoms with Crippen LogP contribution in [0.3, 0.4) is 0 Å². The largest absolute Gasteiger partial charge is 0.0927 e. The molecule has 0 heterocycles. The van der Waals surface area contributed by atoms with Gasteiger partial charge >= 0.3 is 0 Å². The summed E-state index contributed by atoms with van der Waals surface area (Å²) in [5, 5.41) is 0. The number of rotatable bonds is 8. The minimum atomic E-state index is 0.209. The molecule has 4 aliphatic rings. The molecule has 2 heteroatoms. The van der Waals surface area contributed by atoms with Crippen molar-refractivity contribution in [2.45, 2.75) is 171 Å². The lowest BCUT2D eigenvalue weighted by atomic mass is 9.85. The summed E-state index contributed by atoms with van der Waals surface area (Å²) >= 11 is 0. The van der Waals surface area contributed by atoms with Crippen LogP contribution in [-0.4, -0.2) is 28.0 Å². The van der Waals surface area contributed by atoms with E-state index in [1.165, 1.54) is 12.8 Å². The van der Waals surface area contributed by atoms with Crippen molar-refractivity contribution in [3.8, 4) is 0 Å². The lowest BCUT2D eigenvalue weighted by Crippen LogP contribution is -2.45. The lowest BCUT2D eigenvalue weighted by molar-refractivity contribution is 0.307. The minimum Gasteiger partial charge on any atom is -0.0927 e. The molecular weight excluding hydrogens is 410 g/mol. The third-order valence-corrected chi connectivity index (χ3v) is 19.1. The molecule has 0 saturated heterocycles. The SMILES string of the molecule is CCCC1CCCCC1(P(CC)C1CCCCC1)P(C1CCCCC1)C1CCCCC1. The first-order valence-corrected chi connectivity index (χ1v) is 17.9. The molecule has 0 amide bonds. The first kappa shape index (κ1) is 25.0. The third kappa shape index (κ3) is 5.58. The van der Waals surface area contributed by atoms with Crippen LogP contribution in [0, 0.1) is 5.92 Å². The Balaban J connectivity index is 1.76. The van der Waals surface area contributed by atoms with E-state index in [4.69, 9.17) is 0 Å². The van der Waals surface area contributed by atoms with Crippen LogP contribution in [0.15, 0.2) is 0 Å². The van der Waals surface area contributed by atoms with Crippen molar-refractivity contribution in [2.75, 3.05) is 6.16 Å². The van der Waals surface area contributed by atoms with Crippen molar-refractivity contribution in [1.82, 2.24) is 0 Å². The second-order valence-electron chi connectivity index (χ2n) is 11.7. The van der Waals surface area contributed by atoms with Gasteiger partial charge in [0, 0.05) is 4.90 Å². The molecule has 0 aromatic rings. The molecule has 4 saturated carbocycles. The highest BCUT2D eigenvalue weighted by molar-refractivity contribution is 7.78. The zero-order chi connectivity index (χ0) is 21.5. The van der Waals surface area contributed by atoms with Crippen LogP contribution in [0.1, 0.15) is 149 Å². The van der Waals surface area contributed by atoms with Gasteiger partial charge in [0.15, 0.2) is 0 Å². The van der Waals surface area contributed by atoms with Gasteiger partial charge in [-0.2, -0.15) is 0 Å². The summed E-state index contributed by atoms with van der Waals surface area (Å²) in [4.78, 5) is 0.833. The zero-order valence-electron chi connectivity index (χ0n) is 21.3. The average Bonchev–Trinajstić information content (AvgIpc) is 2.83. The van der Waals surface area contributed by atoms with Gasteiger partial charge in [0.05, 0.1) is 0 Å². The summed E-state index contributed by atoms with van der Waals surface area (Å²) in [6.07, 6.45) is 34.7. The predicted molar refractivity (Wildman–Crippen MR) is 145 cm³/mol. The number of hydrogen-bond donors (Lipinski definition) is 0. The molecule has 0 nitrogen and oxygen atoms in total. The van der Waals surface area contributed by atoms with Gasteiger partial charge in [-0.3, -0.25) is 0 Å². The van der Waals surface area contributed by atoms with Crippen LogP contribution in [0.4, 0.5) is 0 Å². The van der Waals surface area contributed by atoms with E-state index in [0.29, 0.717) is 0 Å². The van der Waals surface area contributed by atoms with Gasteiger partial charge in [-0.1, -0.05) is 107 Å². The highest BCUT2D eigenvalue weighted by atomic mass is 31.2. The Labute approximate surface area is 198 Å². The van der Waals surface area contributed by atoms with Gasteiger partial charge in [-0.05, 0) is 86.8 Å². The first-order chi connectivity index (χ1) is 15.3. The predicted octanol–water partition coefficient (Wildman–Crippen LogP) is 10.7. The maximum absolute atomic E-state index is 2.66. The van der Waals surface area contributed by atoms with Gasteiger partial charge < -0.3 is 0 Å². The van der Waals surface area contributed by atoms with Crippen molar-refractivity contribution in [3.63, 3.8) is 0 Å². The normalized spacial score (nSPS) is 33.6. The van der Waals surface area contributed by atoms with Crippen molar-refractivity contribution >= 4 is 15.8 Å². The van der Waals surface area contributed by atoms with Crippen LogP contribution in [0.2, 0.25) is 0 Å². The van der Waals surface area contributed by atoms with Crippen molar-refractivity contribution in [1.29, 1.82) is 0 Å². The molecule has 3 unspecified atom stereocenters. The molecule has 4 fully saturated rings. The van der Waals surface area contributed by atoms with Crippen molar-refractivity contribution in [3.05, 3.63) is 0 Å². The van der Waals surface area contributed by atoms with Crippen molar-refractivity contribution in [2.24, 2.45) is 5.92 Å². The van der Waals surface area contributed by atoms with E-state index in [2.05, 4.69) is 13.8 Å². The fourth-order valence-corrected chi connectivity index (χ4v) is 20.4. The van der Waals surface area contributed by atoms with Crippen LogP contribution in [0.25, 0.3) is 0 Å². The topological polar surface area (TPSA) is 0 Å². The molecule has 4 rings (SSSR count). The quantitative estimate of drug-likeness (QED) is 0.313. The van der Waals surface area contributed by atoms with Crippen LogP contribution < -0.4 is 0 Å². The fourth-order valence-electron chi connectivity index (χ4n) is 8.69. The van der Waals surface area contributed by atoms with Gasteiger partial charge in [0.2, 0.25) is 0 Å². The van der Waals surface area contributed by atoms with E-state index in [1.54, 1.807) is 128 Å². The Kier molecular flexibility index (Phi) is 10.1. The fraction of sp³-hybridized carbons (Fsp3) is 1.00. The second-order valence-corrected chi connectivity index (χ2v) is 18.2. The first-order valence-electron chi connectivity index (χ1n) is 14.9. The summed E-state index contributed by atoms with van der Waals surface area (Å²) < 4.78 is 0. The van der Waals surface area contributed by atoms with Gasteiger partial charge in [0.1, 0.15) is 0 Å². The molecular formula is C29H54P2. The smallest absolute Gasteiger partial charge is 0.0142 e. The molecule has 180 valence electrons. The Bertz CT molecular complexity index is 481. The third-order valence-electron chi connectivity index (χ3n) is 9.88. The van der Waals surface area contributed by atoms with E-state index in [-0.39, 0.29) is 15.8 Å². The summed E-state index contributed by atoms with van der Waals surface area (Å²) in [6.45, 7) is 5.17. The highest BCUT2D eigenvalue weighted by Gasteiger charge is 2.55. The average molecular weight is 465 g/mol. The molecule has 0 aromatic carbocycles. The second kappa shape index (κ2) is 12.5. The van der Waals surface area contributed by atoms with E-state index in [1.807, 2.05) is 0 Å². The Hall–Kier alpha value is 0.860. The van der Waals surface area contributed by atoms with Crippen LogP contribution >= 0.6 is 15.8 Å². The Morgan fingerprint density at radius 2 is 1.06 bits per heavy atom. The molecule has 0 aliphatic heterocycles. The van der Waals surface area contributed by atoms with Crippen molar-refractivity contribution < 1.29 is 0 Å². The highest BCUT2D eigenvalue weighted by Crippen LogP contribution is 2.81. The molecule has 0 bridgehead atoms. The maximum atomic E-state index is 2.66. The van der Waals surface area contributed by atoms with E-state index in [0.717, 1.165) is 27.8 Å². The molecule has 0 N–H and O–H groups in total. The lowest BCUT2D eigenvalue weighted by Gasteiger charge is -2.61. The molecule has 3 atom stereocenters.